The van der Waals surface area contributed by atoms with E-state index in [0.717, 1.165) is 24.7 Å². The molecule has 1 aromatic heterocycles. The zero-order chi connectivity index (χ0) is 12.8. The highest BCUT2D eigenvalue weighted by molar-refractivity contribution is 5.32. The first kappa shape index (κ1) is 12.5. The fraction of sp³-hybridized carbons (Fsp3) is 0.286. The van der Waals surface area contributed by atoms with Crippen molar-refractivity contribution in [1.82, 2.24) is 9.97 Å². The Morgan fingerprint density at radius 3 is 2.61 bits per heavy atom. The highest BCUT2D eigenvalue weighted by atomic mass is 15.2. The van der Waals surface area contributed by atoms with Crippen molar-refractivity contribution in [3.63, 3.8) is 0 Å². The number of anilines is 1. The zero-order valence-corrected chi connectivity index (χ0v) is 10.6. The average molecular weight is 242 g/mol. The van der Waals surface area contributed by atoms with Crippen LogP contribution in [-0.4, -0.2) is 16.5 Å². The Balaban J connectivity index is 2.17. The van der Waals surface area contributed by atoms with E-state index in [2.05, 4.69) is 33.9 Å². The van der Waals surface area contributed by atoms with Gasteiger partial charge in [-0.3, -0.25) is 0 Å². The monoisotopic (exact) mass is 242 g/mol. The van der Waals surface area contributed by atoms with Crippen molar-refractivity contribution >= 4 is 5.95 Å². The number of hydrogen-bond acceptors (Lipinski definition) is 4. The van der Waals surface area contributed by atoms with Crippen molar-refractivity contribution in [3.05, 3.63) is 53.9 Å². The van der Waals surface area contributed by atoms with Gasteiger partial charge >= 0.3 is 0 Å². The number of nitrogens with two attached hydrogens (primary N) is 1. The fourth-order valence-corrected chi connectivity index (χ4v) is 1.78. The molecule has 0 saturated carbocycles. The summed E-state index contributed by atoms with van der Waals surface area (Å²) in [5.41, 5.74) is 7.72. The van der Waals surface area contributed by atoms with Crippen LogP contribution >= 0.6 is 0 Å². The van der Waals surface area contributed by atoms with Gasteiger partial charge in [-0.15, -0.1) is 0 Å². The first-order chi connectivity index (χ1) is 8.83. The first-order valence-electron chi connectivity index (χ1n) is 6.14. The van der Waals surface area contributed by atoms with Crippen molar-refractivity contribution in [2.45, 2.75) is 20.0 Å². The van der Waals surface area contributed by atoms with Crippen LogP contribution in [0.2, 0.25) is 0 Å². The SMILES string of the molecule is CCN(Cc1ccccc1)c1nccc(CN)n1. The molecule has 1 aromatic carbocycles. The summed E-state index contributed by atoms with van der Waals surface area (Å²) in [7, 11) is 0. The van der Waals surface area contributed by atoms with Crippen LogP contribution in [0, 0.1) is 0 Å². The van der Waals surface area contributed by atoms with Gasteiger partial charge < -0.3 is 10.6 Å². The molecule has 94 valence electrons. The quantitative estimate of drug-likeness (QED) is 0.870. The molecular weight excluding hydrogens is 224 g/mol. The van der Waals surface area contributed by atoms with Crippen LogP contribution in [0.3, 0.4) is 0 Å². The molecule has 2 aromatic rings. The molecule has 0 aliphatic rings. The summed E-state index contributed by atoms with van der Waals surface area (Å²) in [5.74, 6) is 0.740. The second-order valence-corrected chi connectivity index (χ2v) is 4.05. The lowest BCUT2D eigenvalue weighted by Crippen LogP contribution is -2.24. The van der Waals surface area contributed by atoms with Crippen LogP contribution in [0.4, 0.5) is 5.95 Å². The second kappa shape index (κ2) is 6.12. The maximum absolute atomic E-state index is 5.60. The lowest BCUT2D eigenvalue weighted by atomic mass is 10.2. The minimum atomic E-state index is 0.443. The van der Waals surface area contributed by atoms with Gasteiger partial charge in [-0.2, -0.15) is 0 Å². The van der Waals surface area contributed by atoms with Gasteiger partial charge in [0.15, 0.2) is 0 Å². The molecule has 18 heavy (non-hydrogen) atoms. The third-order valence-corrected chi connectivity index (χ3v) is 2.79. The van der Waals surface area contributed by atoms with Gasteiger partial charge in [-0.05, 0) is 18.6 Å². The van der Waals surface area contributed by atoms with E-state index in [1.807, 2.05) is 24.3 Å². The van der Waals surface area contributed by atoms with Crippen molar-refractivity contribution in [3.8, 4) is 0 Å². The smallest absolute Gasteiger partial charge is 0.225 e. The van der Waals surface area contributed by atoms with Crippen LogP contribution in [0.1, 0.15) is 18.2 Å². The van der Waals surface area contributed by atoms with Gasteiger partial charge in [-0.1, -0.05) is 30.3 Å². The van der Waals surface area contributed by atoms with Gasteiger partial charge in [0, 0.05) is 25.8 Å². The molecule has 2 rings (SSSR count). The third-order valence-electron chi connectivity index (χ3n) is 2.79. The lowest BCUT2D eigenvalue weighted by Gasteiger charge is -2.21. The largest absolute Gasteiger partial charge is 0.337 e. The van der Waals surface area contributed by atoms with Gasteiger partial charge in [0.05, 0.1) is 5.69 Å². The summed E-state index contributed by atoms with van der Waals surface area (Å²) in [6, 6.07) is 12.2. The van der Waals surface area contributed by atoms with E-state index in [4.69, 9.17) is 5.73 Å². The number of aromatic nitrogens is 2. The molecule has 0 unspecified atom stereocenters. The summed E-state index contributed by atoms with van der Waals surface area (Å²) in [4.78, 5) is 10.9. The standard InChI is InChI=1S/C14H18N4/c1-2-18(11-12-6-4-3-5-7-12)14-16-9-8-13(10-15)17-14/h3-9H,2,10-11,15H2,1H3. The molecule has 0 bridgehead atoms. The van der Waals surface area contributed by atoms with Gasteiger partial charge in [-0.25, -0.2) is 9.97 Å². The highest BCUT2D eigenvalue weighted by Crippen LogP contribution is 2.12. The van der Waals surface area contributed by atoms with Crippen LogP contribution in [0.15, 0.2) is 42.6 Å². The second-order valence-electron chi connectivity index (χ2n) is 4.05. The molecule has 0 aliphatic heterocycles. The van der Waals surface area contributed by atoms with Crippen molar-refractivity contribution in [2.24, 2.45) is 5.73 Å². The molecule has 4 nitrogen and oxygen atoms in total. The van der Waals surface area contributed by atoms with Gasteiger partial charge in [0.1, 0.15) is 0 Å². The molecule has 0 aliphatic carbocycles. The first-order valence-corrected chi connectivity index (χ1v) is 6.14. The molecule has 0 fully saturated rings. The Kier molecular flexibility index (Phi) is 4.25. The molecule has 0 radical (unpaired) electrons. The summed E-state index contributed by atoms with van der Waals surface area (Å²) >= 11 is 0. The van der Waals surface area contributed by atoms with E-state index >= 15 is 0 Å². The molecule has 0 amide bonds. The number of benzene rings is 1. The van der Waals surface area contributed by atoms with Crippen LogP contribution < -0.4 is 10.6 Å². The summed E-state index contributed by atoms with van der Waals surface area (Å²) in [6.07, 6.45) is 1.76. The fourth-order valence-electron chi connectivity index (χ4n) is 1.78. The number of rotatable bonds is 5. The Morgan fingerprint density at radius 2 is 1.94 bits per heavy atom. The van der Waals surface area contributed by atoms with E-state index in [1.165, 1.54) is 5.56 Å². The van der Waals surface area contributed by atoms with Crippen LogP contribution in [0.25, 0.3) is 0 Å². The molecule has 0 saturated heterocycles. The third kappa shape index (κ3) is 3.05. The summed E-state index contributed by atoms with van der Waals surface area (Å²) in [6.45, 7) is 4.22. The minimum absolute atomic E-state index is 0.443. The highest BCUT2D eigenvalue weighted by Gasteiger charge is 2.08. The van der Waals surface area contributed by atoms with Crippen LogP contribution in [-0.2, 0) is 13.1 Å². The Morgan fingerprint density at radius 1 is 1.17 bits per heavy atom. The van der Waals surface area contributed by atoms with E-state index in [-0.39, 0.29) is 0 Å². The Hall–Kier alpha value is -1.94. The van der Waals surface area contributed by atoms with Crippen molar-refractivity contribution in [1.29, 1.82) is 0 Å². The van der Waals surface area contributed by atoms with Crippen LogP contribution in [0.5, 0.6) is 0 Å². The molecule has 1 heterocycles. The van der Waals surface area contributed by atoms with Gasteiger partial charge in [0.2, 0.25) is 5.95 Å². The van der Waals surface area contributed by atoms with Crippen molar-refractivity contribution < 1.29 is 0 Å². The number of hydrogen-bond donors (Lipinski definition) is 1. The predicted octanol–water partition coefficient (Wildman–Crippen LogP) is 1.96. The maximum atomic E-state index is 5.60. The molecule has 0 atom stereocenters. The molecule has 4 heteroatoms. The molecule has 2 N–H and O–H groups in total. The normalized spacial score (nSPS) is 10.3. The minimum Gasteiger partial charge on any atom is -0.337 e. The maximum Gasteiger partial charge on any atom is 0.225 e. The Labute approximate surface area is 107 Å². The van der Waals surface area contributed by atoms with E-state index in [0.29, 0.717) is 6.54 Å². The molecule has 0 spiro atoms. The average Bonchev–Trinajstić information content (AvgIpc) is 2.46. The predicted molar refractivity (Wildman–Crippen MR) is 73.1 cm³/mol. The zero-order valence-electron chi connectivity index (χ0n) is 10.6. The van der Waals surface area contributed by atoms with E-state index < -0.39 is 0 Å². The Bertz CT molecular complexity index is 484. The lowest BCUT2D eigenvalue weighted by molar-refractivity contribution is 0.781. The van der Waals surface area contributed by atoms with Gasteiger partial charge in [0.25, 0.3) is 0 Å². The van der Waals surface area contributed by atoms with E-state index in [1.54, 1.807) is 6.20 Å². The van der Waals surface area contributed by atoms with Crippen molar-refractivity contribution in [2.75, 3.05) is 11.4 Å². The summed E-state index contributed by atoms with van der Waals surface area (Å²) < 4.78 is 0. The summed E-state index contributed by atoms with van der Waals surface area (Å²) in [5, 5.41) is 0. The molecular formula is C14H18N4. The number of nitrogens with zero attached hydrogens (tertiary/aromatic N) is 3. The van der Waals surface area contributed by atoms with E-state index in [9.17, 15) is 0 Å². The topological polar surface area (TPSA) is 55.0 Å².